The Balaban J connectivity index is 2.32. The molecule has 0 fully saturated rings. The zero-order chi connectivity index (χ0) is 13.0. The summed E-state index contributed by atoms with van der Waals surface area (Å²) in [5, 5.41) is 5.42. The van der Waals surface area contributed by atoms with Crippen molar-refractivity contribution in [1.82, 2.24) is 5.32 Å². The van der Waals surface area contributed by atoms with Gasteiger partial charge in [-0.05, 0) is 30.7 Å². The minimum atomic E-state index is 0.241. The maximum absolute atomic E-state index is 5.25. The molecule has 1 N–H and O–H groups in total. The topological polar surface area (TPSA) is 21.3 Å². The average molecular weight is 261 g/mol. The van der Waals surface area contributed by atoms with E-state index in [1.165, 1.54) is 16.0 Å². The molecule has 0 amide bonds. The van der Waals surface area contributed by atoms with Crippen LogP contribution in [0.25, 0.3) is 0 Å². The zero-order valence-electron chi connectivity index (χ0n) is 11.1. The van der Waals surface area contributed by atoms with E-state index in [1.807, 2.05) is 12.4 Å². The van der Waals surface area contributed by atoms with Crippen LogP contribution in [0.3, 0.4) is 0 Å². The van der Waals surface area contributed by atoms with Crippen LogP contribution in [0.15, 0.2) is 35.7 Å². The number of methoxy groups -OCH3 is 1. The highest BCUT2D eigenvalue weighted by Crippen LogP contribution is 2.31. The van der Waals surface area contributed by atoms with Crippen molar-refractivity contribution >= 4 is 11.3 Å². The lowest BCUT2D eigenvalue weighted by molar-refractivity contribution is 0.416. The quantitative estimate of drug-likeness (QED) is 0.887. The van der Waals surface area contributed by atoms with E-state index in [1.54, 1.807) is 18.4 Å². The summed E-state index contributed by atoms with van der Waals surface area (Å²) >= 11 is 1.73. The average Bonchev–Trinajstić information content (AvgIpc) is 2.88. The van der Waals surface area contributed by atoms with E-state index in [0.29, 0.717) is 0 Å². The van der Waals surface area contributed by atoms with Gasteiger partial charge in [0, 0.05) is 10.3 Å². The van der Waals surface area contributed by atoms with E-state index >= 15 is 0 Å². The number of ether oxygens (including phenoxy) is 1. The van der Waals surface area contributed by atoms with Crippen LogP contribution in [0.5, 0.6) is 5.75 Å². The lowest BCUT2D eigenvalue weighted by Crippen LogP contribution is -2.16. The fourth-order valence-corrected chi connectivity index (χ4v) is 3.05. The first-order chi connectivity index (χ1) is 8.78. The van der Waals surface area contributed by atoms with Crippen LogP contribution in [0.2, 0.25) is 0 Å². The minimum absolute atomic E-state index is 0.241. The molecule has 0 saturated carbocycles. The number of hydrogen-bond donors (Lipinski definition) is 1. The van der Waals surface area contributed by atoms with Gasteiger partial charge in [0.15, 0.2) is 0 Å². The van der Waals surface area contributed by atoms with Gasteiger partial charge in [0.25, 0.3) is 0 Å². The van der Waals surface area contributed by atoms with Gasteiger partial charge in [0.1, 0.15) is 5.75 Å². The molecule has 96 valence electrons. The van der Waals surface area contributed by atoms with Gasteiger partial charge >= 0.3 is 0 Å². The summed E-state index contributed by atoms with van der Waals surface area (Å²) in [6.07, 6.45) is 1.07. The van der Waals surface area contributed by atoms with E-state index < -0.39 is 0 Å². The molecule has 2 rings (SSSR count). The first-order valence-electron chi connectivity index (χ1n) is 6.17. The summed E-state index contributed by atoms with van der Waals surface area (Å²) < 4.78 is 5.25. The van der Waals surface area contributed by atoms with E-state index in [0.717, 1.165) is 12.2 Å². The predicted octanol–water partition coefficient (Wildman–Crippen LogP) is 3.63. The molecule has 0 aliphatic carbocycles. The van der Waals surface area contributed by atoms with Crippen molar-refractivity contribution in [2.24, 2.45) is 0 Å². The van der Waals surface area contributed by atoms with Crippen LogP contribution in [-0.4, -0.2) is 14.2 Å². The van der Waals surface area contributed by atoms with Gasteiger partial charge < -0.3 is 10.1 Å². The molecule has 1 heterocycles. The summed E-state index contributed by atoms with van der Waals surface area (Å²) in [7, 11) is 3.70. The van der Waals surface area contributed by atoms with Crippen molar-refractivity contribution in [3.8, 4) is 5.75 Å². The fraction of sp³-hybridized carbons (Fsp3) is 0.333. The molecule has 3 heteroatoms. The number of benzene rings is 1. The molecule has 0 aliphatic rings. The maximum Gasteiger partial charge on any atom is 0.129 e. The largest absolute Gasteiger partial charge is 0.496 e. The van der Waals surface area contributed by atoms with Gasteiger partial charge in [-0.2, -0.15) is 0 Å². The van der Waals surface area contributed by atoms with E-state index in [-0.39, 0.29) is 6.04 Å². The highest BCUT2D eigenvalue weighted by Gasteiger charge is 2.14. The Bertz CT molecular complexity index is 507. The lowest BCUT2D eigenvalue weighted by atomic mass is 10.0. The van der Waals surface area contributed by atoms with Gasteiger partial charge in [-0.15, -0.1) is 11.3 Å². The lowest BCUT2D eigenvalue weighted by Gasteiger charge is -2.15. The highest BCUT2D eigenvalue weighted by molar-refractivity contribution is 7.10. The predicted molar refractivity (Wildman–Crippen MR) is 77.6 cm³/mol. The van der Waals surface area contributed by atoms with Crippen LogP contribution < -0.4 is 10.1 Å². The van der Waals surface area contributed by atoms with Crippen molar-refractivity contribution < 1.29 is 4.74 Å². The van der Waals surface area contributed by atoms with Crippen LogP contribution in [0, 0.1) is 0 Å². The number of rotatable bonds is 5. The van der Waals surface area contributed by atoms with Crippen molar-refractivity contribution in [1.29, 1.82) is 0 Å². The normalized spacial score (nSPS) is 12.4. The van der Waals surface area contributed by atoms with E-state index in [9.17, 15) is 0 Å². The first kappa shape index (κ1) is 13.1. The SMILES string of the molecule is CCc1cccc(C(NC)c2cc(OC)cs2)c1. The summed E-state index contributed by atoms with van der Waals surface area (Å²) in [5.41, 5.74) is 2.68. The van der Waals surface area contributed by atoms with Crippen molar-refractivity contribution in [2.75, 3.05) is 14.2 Å². The van der Waals surface area contributed by atoms with Crippen LogP contribution in [0.1, 0.15) is 29.0 Å². The molecule has 0 bridgehead atoms. The van der Waals surface area contributed by atoms with Gasteiger partial charge in [0.2, 0.25) is 0 Å². The summed E-state index contributed by atoms with van der Waals surface area (Å²) in [4.78, 5) is 1.28. The molecule has 2 aromatic rings. The monoisotopic (exact) mass is 261 g/mol. The molecule has 1 aromatic carbocycles. The molecule has 2 nitrogen and oxygen atoms in total. The Morgan fingerprint density at radius 1 is 1.33 bits per heavy atom. The third-order valence-corrected chi connectivity index (χ3v) is 4.07. The fourth-order valence-electron chi connectivity index (χ4n) is 2.06. The Morgan fingerprint density at radius 2 is 2.17 bits per heavy atom. The minimum Gasteiger partial charge on any atom is -0.496 e. The van der Waals surface area contributed by atoms with E-state index in [4.69, 9.17) is 4.74 Å². The molecular weight excluding hydrogens is 242 g/mol. The summed E-state index contributed by atoms with van der Waals surface area (Å²) in [6, 6.07) is 11.1. The second kappa shape index (κ2) is 6.03. The summed E-state index contributed by atoms with van der Waals surface area (Å²) in [6.45, 7) is 2.18. The third kappa shape index (κ3) is 2.74. The van der Waals surface area contributed by atoms with Gasteiger partial charge in [0.05, 0.1) is 13.2 Å². The van der Waals surface area contributed by atoms with Gasteiger partial charge in [-0.25, -0.2) is 0 Å². The third-order valence-electron chi connectivity index (χ3n) is 3.10. The second-order valence-electron chi connectivity index (χ2n) is 4.21. The molecule has 18 heavy (non-hydrogen) atoms. The Kier molecular flexibility index (Phi) is 4.39. The van der Waals surface area contributed by atoms with Gasteiger partial charge in [-0.3, -0.25) is 0 Å². The number of aryl methyl sites for hydroxylation is 1. The number of nitrogens with one attached hydrogen (secondary N) is 1. The number of thiophene rings is 1. The highest BCUT2D eigenvalue weighted by atomic mass is 32.1. The Morgan fingerprint density at radius 3 is 2.78 bits per heavy atom. The van der Waals surface area contributed by atoms with Gasteiger partial charge in [-0.1, -0.05) is 31.2 Å². The molecule has 1 unspecified atom stereocenters. The standard InChI is InChI=1S/C15H19NOS/c1-4-11-6-5-7-12(8-11)15(16-2)14-9-13(17-3)10-18-14/h5-10,15-16H,4H2,1-3H3. The van der Waals surface area contributed by atoms with Crippen molar-refractivity contribution in [3.63, 3.8) is 0 Å². The smallest absolute Gasteiger partial charge is 0.129 e. The summed E-state index contributed by atoms with van der Waals surface area (Å²) in [5.74, 6) is 0.932. The molecule has 0 saturated heterocycles. The van der Waals surface area contributed by atoms with Crippen LogP contribution >= 0.6 is 11.3 Å². The molecule has 1 atom stereocenters. The van der Waals surface area contributed by atoms with Crippen molar-refractivity contribution in [2.45, 2.75) is 19.4 Å². The second-order valence-corrected chi connectivity index (χ2v) is 5.15. The molecule has 1 aromatic heterocycles. The molecule has 0 radical (unpaired) electrons. The number of hydrogen-bond acceptors (Lipinski definition) is 3. The van der Waals surface area contributed by atoms with Crippen LogP contribution in [0.4, 0.5) is 0 Å². The zero-order valence-corrected chi connectivity index (χ0v) is 11.9. The molecular formula is C15H19NOS. The van der Waals surface area contributed by atoms with E-state index in [2.05, 4.69) is 42.6 Å². The van der Waals surface area contributed by atoms with Crippen molar-refractivity contribution in [3.05, 3.63) is 51.7 Å². The molecule has 0 aliphatic heterocycles. The Labute approximate surface area is 113 Å². The maximum atomic E-state index is 5.25. The van der Waals surface area contributed by atoms with Crippen LogP contribution in [-0.2, 0) is 6.42 Å². The first-order valence-corrected chi connectivity index (χ1v) is 7.05. The molecule has 0 spiro atoms. The Hall–Kier alpha value is -1.32.